The van der Waals surface area contributed by atoms with Crippen LogP contribution in [0.4, 0.5) is 5.69 Å². The first-order valence-electron chi connectivity index (χ1n) is 11.9. The van der Waals surface area contributed by atoms with Crippen molar-refractivity contribution in [2.24, 2.45) is 0 Å². The number of carbonyl (C=O) groups excluding carboxylic acids is 2. The molecule has 2 fully saturated rings. The highest BCUT2D eigenvalue weighted by molar-refractivity contribution is 7.89. The van der Waals surface area contributed by atoms with Crippen molar-refractivity contribution in [2.45, 2.75) is 69.4 Å². The zero-order chi connectivity index (χ0) is 24.5. The lowest BCUT2D eigenvalue weighted by Crippen LogP contribution is -2.71. The Hall–Kier alpha value is -2.71. The van der Waals surface area contributed by atoms with Crippen molar-refractivity contribution in [3.63, 3.8) is 0 Å². The Kier molecular flexibility index (Phi) is 6.82. The number of piperazine rings is 1. The van der Waals surface area contributed by atoms with E-state index >= 15 is 0 Å². The quantitative estimate of drug-likeness (QED) is 0.705. The summed E-state index contributed by atoms with van der Waals surface area (Å²) < 4.78 is 28.0. The van der Waals surface area contributed by atoms with E-state index in [0.717, 1.165) is 47.5 Å². The molecule has 1 atom stereocenters. The highest BCUT2D eigenvalue weighted by atomic mass is 32.2. The molecular weight excluding hydrogens is 450 g/mol. The normalized spacial score (nSPS) is 22.6. The minimum atomic E-state index is -3.95. The number of sulfonamides is 1. The third kappa shape index (κ3) is 4.61. The number of hydrogen-bond acceptors (Lipinski definition) is 4. The molecule has 1 N–H and O–H groups in total. The maximum Gasteiger partial charge on any atom is 0.247 e. The summed E-state index contributed by atoms with van der Waals surface area (Å²) in [5, 5.41) is 3.14. The van der Waals surface area contributed by atoms with Gasteiger partial charge in [0.25, 0.3) is 0 Å². The molecule has 1 saturated carbocycles. The Balaban J connectivity index is 1.74. The van der Waals surface area contributed by atoms with Crippen molar-refractivity contribution in [1.82, 2.24) is 9.62 Å². The third-order valence-electron chi connectivity index (χ3n) is 6.94. The number of anilines is 1. The maximum absolute atomic E-state index is 13.8. The van der Waals surface area contributed by atoms with Crippen LogP contribution in [0.1, 0.15) is 50.2 Å². The van der Waals surface area contributed by atoms with Crippen molar-refractivity contribution in [3.8, 4) is 0 Å². The summed E-state index contributed by atoms with van der Waals surface area (Å²) in [5.41, 5.74) is 1.15. The van der Waals surface area contributed by atoms with Crippen molar-refractivity contribution in [2.75, 3.05) is 18.0 Å². The molecule has 1 aliphatic heterocycles. The summed E-state index contributed by atoms with van der Waals surface area (Å²) >= 11 is 0. The third-order valence-corrected chi connectivity index (χ3v) is 8.75. The standard InChI is InChI=1S/C26H33N3O4S/c1-19-14-15-23(20(2)16-19)29-24(30)17-28(34(32,33)22-12-8-5-9-13-22)18-26(29,3)25(31)27-21-10-6-4-7-11-21/h5,8-9,12-16,21H,4,6-7,10-11,17-18H2,1-3H3,(H,27,31)/t26-/m0/s1. The molecule has 1 heterocycles. The lowest BCUT2D eigenvalue weighted by atomic mass is 9.90. The van der Waals surface area contributed by atoms with Gasteiger partial charge in [-0.2, -0.15) is 4.31 Å². The number of rotatable bonds is 5. The zero-order valence-electron chi connectivity index (χ0n) is 20.1. The minimum absolute atomic E-state index is 0.0373. The van der Waals surface area contributed by atoms with Crippen LogP contribution in [0.2, 0.25) is 0 Å². The number of aryl methyl sites for hydroxylation is 2. The van der Waals surface area contributed by atoms with Gasteiger partial charge in [0.15, 0.2) is 0 Å². The van der Waals surface area contributed by atoms with Crippen LogP contribution in [0.5, 0.6) is 0 Å². The van der Waals surface area contributed by atoms with E-state index in [1.54, 1.807) is 25.1 Å². The van der Waals surface area contributed by atoms with Crippen LogP contribution in [-0.2, 0) is 19.6 Å². The van der Waals surface area contributed by atoms with Crippen molar-refractivity contribution >= 4 is 27.5 Å². The summed E-state index contributed by atoms with van der Waals surface area (Å²) in [6.45, 7) is 5.10. The van der Waals surface area contributed by atoms with E-state index in [1.807, 2.05) is 32.0 Å². The Morgan fingerprint density at radius 2 is 1.71 bits per heavy atom. The number of amides is 2. The summed E-state index contributed by atoms with van der Waals surface area (Å²) in [7, 11) is -3.95. The predicted molar refractivity (Wildman–Crippen MR) is 132 cm³/mol. The Morgan fingerprint density at radius 3 is 2.35 bits per heavy atom. The van der Waals surface area contributed by atoms with Crippen LogP contribution >= 0.6 is 0 Å². The Bertz CT molecular complexity index is 1180. The molecule has 4 rings (SSSR count). The largest absolute Gasteiger partial charge is 0.351 e. The fourth-order valence-electron chi connectivity index (χ4n) is 5.10. The first-order valence-corrected chi connectivity index (χ1v) is 13.3. The molecule has 0 aromatic heterocycles. The van der Waals surface area contributed by atoms with E-state index in [4.69, 9.17) is 0 Å². The van der Waals surface area contributed by atoms with Gasteiger partial charge in [0.2, 0.25) is 21.8 Å². The van der Waals surface area contributed by atoms with E-state index in [-0.39, 0.29) is 29.9 Å². The highest BCUT2D eigenvalue weighted by Gasteiger charge is 2.51. The fraction of sp³-hybridized carbons (Fsp3) is 0.462. The van der Waals surface area contributed by atoms with E-state index in [1.165, 1.54) is 17.0 Å². The number of nitrogens with zero attached hydrogens (tertiary/aromatic N) is 2. The van der Waals surface area contributed by atoms with E-state index in [9.17, 15) is 18.0 Å². The van der Waals surface area contributed by atoms with Crippen LogP contribution in [0, 0.1) is 13.8 Å². The molecular formula is C26H33N3O4S. The minimum Gasteiger partial charge on any atom is -0.351 e. The smallest absolute Gasteiger partial charge is 0.247 e. The molecule has 34 heavy (non-hydrogen) atoms. The van der Waals surface area contributed by atoms with Crippen LogP contribution < -0.4 is 10.2 Å². The van der Waals surface area contributed by atoms with E-state index in [0.29, 0.717) is 5.69 Å². The van der Waals surface area contributed by atoms with Gasteiger partial charge in [0.1, 0.15) is 5.54 Å². The predicted octanol–water partition coefficient (Wildman–Crippen LogP) is 3.55. The Morgan fingerprint density at radius 1 is 1.03 bits per heavy atom. The summed E-state index contributed by atoms with van der Waals surface area (Å²) in [4.78, 5) is 29.0. The lowest BCUT2D eigenvalue weighted by Gasteiger charge is -2.47. The monoisotopic (exact) mass is 483 g/mol. The summed E-state index contributed by atoms with van der Waals surface area (Å²) in [6, 6.07) is 13.8. The van der Waals surface area contributed by atoms with Crippen molar-refractivity contribution in [1.29, 1.82) is 0 Å². The zero-order valence-corrected chi connectivity index (χ0v) is 20.9. The maximum atomic E-state index is 13.8. The molecule has 2 aromatic rings. The highest BCUT2D eigenvalue weighted by Crippen LogP contribution is 2.34. The van der Waals surface area contributed by atoms with Gasteiger partial charge in [-0.05, 0) is 57.4 Å². The molecule has 2 amide bonds. The second kappa shape index (κ2) is 9.50. The van der Waals surface area contributed by atoms with Gasteiger partial charge in [0, 0.05) is 18.3 Å². The molecule has 2 aromatic carbocycles. The molecule has 182 valence electrons. The average molecular weight is 484 g/mol. The van der Waals surface area contributed by atoms with Crippen LogP contribution in [0.15, 0.2) is 53.4 Å². The van der Waals surface area contributed by atoms with Crippen LogP contribution in [0.3, 0.4) is 0 Å². The number of hydrogen-bond donors (Lipinski definition) is 1. The van der Waals surface area contributed by atoms with Gasteiger partial charge in [-0.15, -0.1) is 0 Å². The Labute approximate surface area is 202 Å². The van der Waals surface area contributed by atoms with E-state index in [2.05, 4.69) is 5.32 Å². The second-order valence-electron chi connectivity index (χ2n) is 9.69. The molecule has 0 spiro atoms. The van der Waals surface area contributed by atoms with Gasteiger partial charge in [-0.1, -0.05) is 55.2 Å². The molecule has 2 aliphatic rings. The molecule has 1 aliphatic carbocycles. The number of benzene rings is 2. The molecule has 8 heteroatoms. The molecule has 0 unspecified atom stereocenters. The SMILES string of the molecule is Cc1ccc(N2C(=O)CN(S(=O)(=O)c3ccccc3)C[C@@]2(C)C(=O)NC2CCCCC2)c(C)c1. The van der Waals surface area contributed by atoms with Crippen molar-refractivity contribution < 1.29 is 18.0 Å². The fourth-order valence-corrected chi connectivity index (χ4v) is 6.60. The first-order chi connectivity index (χ1) is 16.1. The average Bonchev–Trinajstić information content (AvgIpc) is 2.81. The number of nitrogens with one attached hydrogen (secondary N) is 1. The summed E-state index contributed by atoms with van der Waals surface area (Å²) in [5.74, 6) is -0.736. The van der Waals surface area contributed by atoms with Gasteiger partial charge < -0.3 is 5.32 Å². The molecule has 1 saturated heterocycles. The molecule has 7 nitrogen and oxygen atoms in total. The van der Waals surface area contributed by atoms with Crippen LogP contribution in [0.25, 0.3) is 0 Å². The molecule has 0 bridgehead atoms. The van der Waals surface area contributed by atoms with Gasteiger partial charge >= 0.3 is 0 Å². The number of carbonyl (C=O) groups is 2. The van der Waals surface area contributed by atoms with Crippen LogP contribution in [-0.4, -0.2) is 49.2 Å². The summed E-state index contributed by atoms with van der Waals surface area (Å²) in [6.07, 6.45) is 5.04. The molecule has 0 radical (unpaired) electrons. The first kappa shape index (κ1) is 24.4. The van der Waals surface area contributed by atoms with Gasteiger partial charge in [-0.25, -0.2) is 8.42 Å². The van der Waals surface area contributed by atoms with Gasteiger partial charge in [0.05, 0.1) is 11.4 Å². The second-order valence-corrected chi connectivity index (χ2v) is 11.6. The lowest BCUT2D eigenvalue weighted by molar-refractivity contribution is -0.133. The van der Waals surface area contributed by atoms with E-state index < -0.39 is 21.5 Å². The van der Waals surface area contributed by atoms with Crippen molar-refractivity contribution in [3.05, 3.63) is 59.7 Å². The topological polar surface area (TPSA) is 86.8 Å². The van der Waals surface area contributed by atoms with Gasteiger partial charge in [-0.3, -0.25) is 14.5 Å².